The predicted molar refractivity (Wildman–Crippen MR) is 110 cm³/mol. The minimum Gasteiger partial charge on any atom is -0.378 e. The van der Waals surface area contributed by atoms with Gasteiger partial charge in [-0.3, -0.25) is 4.79 Å². The average Bonchev–Trinajstić information content (AvgIpc) is 3.04. The molecule has 2 aliphatic heterocycles. The van der Waals surface area contributed by atoms with E-state index in [9.17, 15) is 4.79 Å². The van der Waals surface area contributed by atoms with Gasteiger partial charge in [0.25, 0.3) is 0 Å². The Kier molecular flexibility index (Phi) is 5.03. The van der Waals surface area contributed by atoms with Crippen LogP contribution in [0, 0.1) is 0 Å². The van der Waals surface area contributed by atoms with Crippen LogP contribution in [-0.2, 0) is 16.0 Å². The summed E-state index contributed by atoms with van der Waals surface area (Å²) in [6.45, 7) is 7.39. The smallest absolute Gasteiger partial charge is 0.249 e. The van der Waals surface area contributed by atoms with Crippen LogP contribution in [0.15, 0.2) is 48.5 Å². The average molecular weight is 365 g/mol. The second-order valence-electron chi connectivity index (χ2n) is 7.41. The number of nitrogens with zero attached hydrogens (tertiary/aromatic N) is 2. The first kappa shape index (κ1) is 17.9. The molecule has 0 saturated carbocycles. The fourth-order valence-corrected chi connectivity index (χ4v) is 4.04. The molecular weight excluding hydrogens is 338 g/mol. The monoisotopic (exact) mass is 365 g/mol. The summed E-state index contributed by atoms with van der Waals surface area (Å²) < 4.78 is 5.44. The van der Waals surface area contributed by atoms with E-state index in [-0.39, 0.29) is 18.0 Å². The number of carbonyl (C=O) groups excluding carboxylic acids is 1. The first-order valence-corrected chi connectivity index (χ1v) is 9.74. The van der Waals surface area contributed by atoms with E-state index in [2.05, 4.69) is 35.3 Å². The van der Waals surface area contributed by atoms with E-state index >= 15 is 0 Å². The lowest BCUT2D eigenvalue weighted by Crippen LogP contribution is -2.44. The molecule has 4 rings (SSSR count). The molecule has 5 nitrogen and oxygen atoms in total. The molecule has 2 heterocycles. The fourth-order valence-electron chi connectivity index (χ4n) is 4.04. The first-order chi connectivity index (χ1) is 13.1. The molecule has 27 heavy (non-hydrogen) atoms. The molecule has 2 atom stereocenters. The van der Waals surface area contributed by atoms with Gasteiger partial charge >= 0.3 is 0 Å². The van der Waals surface area contributed by atoms with E-state index in [1.54, 1.807) is 0 Å². The van der Waals surface area contributed by atoms with E-state index in [4.69, 9.17) is 4.74 Å². The zero-order chi connectivity index (χ0) is 18.8. The van der Waals surface area contributed by atoms with Crippen molar-refractivity contribution in [2.45, 2.75) is 32.4 Å². The quantitative estimate of drug-likeness (QED) is 0.903. The van der Waals surface area contributed by atoms with Crippen molar-refractivity contribution >= 4 is 23.0 Å². The molecular formula is C22H27N3O2. The van der Waals surface area contributed by atoms with Crippen LogP contribution in [0.4, 0.5) is 17.1 Å². The summed E-state index contributed by atoms with van der Waals surface area (Å²) in [5.74, 6) is 0.115. The molecule has 0 radical (unpaired) electrons. The van der Waals surface area contributed by atoms with Crippen molar-refractivity contribution in [1.82, 2.24) is 0 Å². The summed E-state index contributed by atoms with van der Waals surface area (Å²) in [6.07, 6.45) is 0.918. The molecule has 0 bridgehead atoms. The van der Waals surface area contributed by atoms with Gasteiger partial charge in [-0.15, -0.1) is 0 Å². The van der Waals surface area contributed by atoms with Crippen LogP contribution in [0.25, 0.3) is 0 Å². The van der Waals surface area contributed by atoms with Gasteiger partial charge in [0.05, 0.1) is 13.2 Å². The Morgan fingerprint density at radius 1 is 1.15 bits per heavy atom. The number of benzene rings is 2. The standard InChI is InChI=1S/C22H27N3O2/c1-16-14-18-6-3-4-9-21(18)25(16)22(26)17(2)23-19-7-5-8-20(15-19)24-10-12-27-13-11-24/h3-9,15-17,23H,10-14H2,1-2H3. The molecule has 2 aromatic carbocycles. The predicted octanol–water partition coefficient (Wildman–Crippen LogP) is 3.30. The molecule has 2 aliphatic rings. The Balaban J connectivity index is 1.47. The summed E-state index contributed by atoms with van der Waals surface area (Å²) >= 11 is 0. The van der Waals surface area contributed by atoms with Crippen molar-refractivity contribution in [1.29, 1.82) is 0 Å². The molecule has 1 saturated heterocycles. The van der Waals surface area contributed by atoms with Crippen LogP contribution >= 0.6 is 0 Å². The lowest BCUT2D eigenvalue weighted by molar-refractivity contribution is -0.119. The van der Waals surface area contributed by atoms with Crippen molar-refractivity contribution < 1.29 is 9.53 Å². The first-order valence-electron chi connectivity index (χ1n) is 9.74. The lowest BCUT2D eigenvalue weighted by atomic mass is 10.1. The van der Waals surface area contributed by atoms with Crippen LogP contribution in [0.1, 0.15) is 19.4 Å². The van der Waals surface area contributed by atoms with Crippen molar-refractivity contribution in [3.8, 4) is 0 Å². The number of nitrogens with one attached hydrogen (secondary N) is 1. The van der Waals surface area contributed by atoms with Gasteiger partial charge < -0.3 is 19.9 Å². The van der Waals surface area contributed by atoms with Crippen molar-refractivity contribution in [2.24, 2.45) is 0 Å². The molecule has 0 aliphatic carbocycles. The third kappa shape index (κ3) is 3.65. The van der Waals surface area contributed by atoms with Crippen LogP contribution in [0.3, 0.4) is 0 Å². The van der Waals surface area contributed by atoms with Crippen LogP contribution in [-0.4, -0.2) is 44.3 Å². The number of ether oxygens (including phenoxy) is 1. The second kappa shape index (κ2) is 7.61. The summed E-state index contributed by atoms with van der Waals surface area (Å²) in [6, 6.07) is 16.4. The zero-order valence-corrected chi connectivity index (χ0v) is 16.0. The summed E-state index contributed by atoms with van der Waals surface area (Å²) in [4.78, 5) is 17.4. The van der Waals surface area contributed by atoms with Crippen molar-refractivity contribution in [3.63, 3.8) is 0 Å². The van der Waals surface area contributed by atoms with Gasteiger partial charge in [-0.2, -0.15) is 0 Å². The Hall–Kier alpha value is -2.53. The highest BCUT2D eigenvalue weighted by molar-refractivity contribution is 6.00. The van der Waals surface area contributed by atoms with Gasteiger partial charge in [0.15, 0.2) is 0 Å². The molecule has 2 aromatic rings. The molecule has 1 N–H and O–H groups in total. The number of morpholine rings is 1. The van der Waals surface area contributed by atoms with Crippen LogP contribution < -0.4 is 15.1 Å². The van der Waals surface area contributed by atoms with Gasteiger partial charge in [-0.25, -0.2) is 0 Å². The molecule has 2 unspecified atom stereocenters. The minimum absolute atomic E-state index is 0.115. The van der Waals surface area contributed by atoms with E-state index in [1.165, 1.54) is 11.3 Å². The third-order valence-corrected chi connectivity index (χ3v) is 5.42. The highest BCUT2D eigenvalue weighted by Gasteiger charge is 2.33. The molecule has 0 spiro atoms. The molecule has 1 amide bonds. The molecule has 5 heteroatoms. The Morgan fingerprint density at radius 2 is 1.93 bits per heavy atom. The number of hydrogen-bond donors (Lipinski definition) is 1. The number of anilines is 3. The van der Waals surface area contributed by atoms with Gasteiger partial charge in [-0.1, -0.05) is 24.3 Å². The van der Waals surface area contributed by atoms with Crippen LogP contribution in [0.2, 0.25) is 0 Å². The zero-order valence-electron chi connectivity index (χ0n) is 16.0. The summed E-state index contributed by atoms with van der Waals surface area (Å²) in [5.41, 5.74) is 4.44. The number of carbonyl (C=O) groups is 1. The highest BCUT2D eigenvalue weighted by atomic mass is 16.5. The largest absolute Gasteiger partial charge is 0.378 e. The number of fused-ring (bicyclic) bond motifs is 1. The van der Waals surface area contributed by atoms with Gasteiger partial charge in [0.2, 0.25) is 5.91 Å². The van der Waals surface area contributed by atoms with E-state index in [0.717, 1.165) is 44.1 Å². The molecule has 0 aromatic heterocycles. The van der Waals surface area contributed by atoms with Crippen LogP contribution in [0.5, 0.6) is 0 Å². The van der Waals surface area contributed by atoms with Gasteiger partial charge in [-0.05, 0) is 50.1 Å². The maximum absolute atomic E-state index is 13.1. The topological polar surface area (TPSA) is 44.8 Å². The third-order valence-electron chi connectivity index (χ3n) is 5.42. The molecule has 142 valence electrons. The van der Waals surface area contributed by atoms with E-state index < -0.39 is 0 Å². The second-order valence-corrected chi connectivity index (χ2v) is 7.41. The Morgan fingerprint density at radius 3 is 2.74 bits per heavy atom. The summed E-state index contributed by atoms with van der Waals surface area (Å²) in [5, 5.41) is 3.40. The normalized spacial score (nSPS) is 20.3. The highest BCUT2D eigenvalue weighted by Crippen LogP contribution is 2.32. The van der Waals surface area contributed by atoms with E-state index in [0.29, 0.717) is 0 Å². The van der Waals surface area contributed by atoms with Crippen molar-refractivity contribution in [3.05, 3.63) is 54.1 Å². The Labute approximate surface area is 160 Å². The van der Waals surface area contributed by atoms with Gasteiger partial charge in [0.1, 0.15) is 6.04 Å². The van der Waals surface area contributed by atoms with Gasteiger partial charge in [0, 0.05) is 36.2 Å². The number of hydrogen-bond acceptors (Lipinski definition) is 4. The number of rotatable bonds is 4. The SMILES string of the molecule is CC(Nc1cccc(N2CCOCC2)c1)C(=O)N1c2ccccc2CC1C. The minimum atomic E-state index is -0.293. The fraction of sp³-hybridized carbons (Fsp3) is 0.409. The number of para-hydroxylation sites is 1. The van der Waals surface area contributed by atoms with E-state index in [1.807, 2.05) is 42.2 Å². The lowest BCUT2D eigenvalue weighted by Gasteiger charge is -2.30. The maximum atomic E-state index is 13.1. The molecule has 1 fully saturated rings. The maximum Gasteiger partial charge on any atom is 0.249 e. The summed E-state index contributed by atoms with van der Waals surface area (Å²) in [7, 11) is 0. The number of amides is 1. The Bertz CT molecular complexity index is 817. The van der Waals surface area contributed by atoms with Crippen molar-refractivity contribution in [2.75, 3.05) is 41.4 Å².